The lowest BCUT2D eigenvalue weighted by Crippen LogP contribution is -2.53. The zero-order valence-corrected chi connectivity index (χ0v) is 67.7. The molecule has 0 aromatic heterocycles. The highest BCUT2D eigenvalue weighted by Gasteiger charge is 2.30. The maximum absolute atomic E-state index is 13.5. The molecule has 1 unspecified atom stereocenters. The highest BCUT2D eigenvalue weighted by molar-refractivity contribution is 5.88. The van der Waals surface area contributed by atoms with Crippen molar-refractivity contribution in [2.45, 2.75) is 50.1 Å². The molecule has 0 saturated carbocycles. The fourth-order valence-electron chi connectivity index (χ4n) is 10.2. The first-order valence-electron chi connectivity index (χ1n) is 40.2. The summed E-state index contributed by atoms with van der Waals surface area (Å²) < 4.78 is 137. The van der Waals surface area contributed by atoms with Crippen molar-refractivity contribution >= 4 is 29.8 Å². The second-order valence-corrected chi connectivity index (χ2v) is 24.8. The van der Waals surface area contributed by atoms with Gasteiger partial charge in [-0.3, -0.25) is 14.4 Å². The van der Waals surface area contributed by atoms with Crippen molar-refractivity contribution in [2.24, 2.45) is 11.5 Å². The summed E-state index contributed by atoms with van der Waals surface area (Å²) >= 11 is 0. The van der Waals surface area contributed by atoms with E-state index in [9.17, 15) is 29.1 Å². The van der Waals surface area contributed by atoms with Crippen molar-refractivity contribution in [2.75, 3.05) is 350 Å². The maximum atomic E-state index is 13.5. The highest BCUT2D eigenvalue weighted by Crippen LogP contribution is 2.44. The average Bonchev–Trinajstić information content (AvgIpc) is 1.62. The first kappa shape index (κ1) is 104. The summed E-state index contributed by atoms with van der Waals surface area (Å²) in [5.41, 5.74) is 14.9. The van der Waals surface area contributed by atoms with Gasteiger partial charge in [0.25, 0.3) is 0 Å². The molecule has 0 spiro atoms. The van der Waals surface area contributed by atoms with Crippen LogP contribution in [0.2, 0.25) is 0 Å². The van der Waals surface area contributed by atoms with Crippen molar-refractivity contribution in [1.82, 2.24) is 21.3 Å². The number of carbonyl (C=O) groups excluding carboxylic acids is 4. The van der Waals surface area contributed by atoms with Crippen molar-refractivity contribution in [1.29, 1.82) is 0 Å². The molecule has 2 aromatic rings. The number of benzene rings is 2. The molecule has 2 atom stereocenters. The first-order chi connectivity index (χ1) is 56.7. The minimum atomic E-state index is -1.25. The molecule has 3 rings (SSSR count). The molecule has 37 nitrogen and oxygen atoms in total. The van der Waals surface area contributed by atoms with Gasteiger partial charge in [-0.2, -0.15) is 0 Å². The van der Waals surface area contributed by atoms with Crippen molar-refractivity contribution in [3.05, 3.63) is 59.7 Å². The van der Waals surface area contributed by atoms with Crippen LogP contribution in [0.25, 0.3) is 11.1 Å². The number of fused-ring (bicyclic) bond motifs is 3. The molecule has 115 heavy (non-hydrogen) atoms. The van der Waals surface area contributed by atoms with Crippen molar-refractivity contribution in [3.63, 3.8) is 0 Å². The number of hydrogen-bond donors (Lipinski definition) is 7. The average molecular weight is 1650 g/mol. The Labute approximate surface area is 678 Å². The molecular formula is C78H136N6O31. The fourth-order valence-corrected chi connectivity index (χ4v) is 10.2. The van der Waals surface area contributed by atoms with E-state index in [1.54, 1.807) is 0 Å². The van der Waals surface area contributed by atoms with Crippen LogP contribution in [0.4, 0.5) is 4.79 Å². The number of aliphatic carboxylic acids is 1. The van der Waals surface area contributed by atoms with E-state index in [0.29, 0.717) is 303 Å². The van der Waals surface area contributed by atoms with Gasteiger partial charge >= 0.3 is 12.1 Å². The van der Waals surface area contributed by atoms with E-state index in [1.165, 1.54) is 0 Å². The normalized spacial score (nSPS) is 12.4. The Morgan fingerprint density at radius 1 is 0.313 bits per heavy atom. The smallest absolute Gasteiger partial charge is 0.407 e. The molecule has 37 heteroatoms. The number of hydrogen-bond acceptors (Lipinski definition) is 32. The Kier molecular flexibility index (Phi) is 71.9. The zero-order chi connectivity index (χ0) is 82.1. The molecule has 4 amide bonds. The van der Waals surface area contributed by atoms with Gasteiger partial charge in [-0.25, -0.2) is 9.59 Å². The van der Waals surface area contributed by atoms with Crippen LogP contribution in [0.3, 0.4) is 0 Å². The summed E-state index contributed by atoms with van der Waals surface area (Å²) in [7, 11) is 0. The van der Waals surface area contributed by atoms with Crippen LogP contribution >= 0.6 is 0 Å². The van der Waals surface area contributed by atoms with E-state index >= 15 is 0 Å². The van der Waals surface area contributed by atoms with Crippen molar-refractivity contribution in [3.8, 4) is 11.1 Å². The first-order valence-corrected chi connectivity index (χ1v) is 40.2. The largest absolute Gasteiger partial charge is 0.480 e. The second-order valence-electron chi connectivity index (χ2n) is 24.8. The summed E-state index contributed by atoms with van der Waals surface area (Å²) in [5, 5.41) is 20.6. The number of nitrogens with two attached hydrogens (primary N) is 2. The molecule has 0 saturated heterocycles. The van der Waals surface area contributed by atoms with E-state index in [4.69, 9.17) is 130 Å². The number of carboxylic acid groups (broad SMARTS) is 1. The van der Waals surface area contributed by atoms with E-state index in [1.807, 2.05) is 48.5 Å². The Morgan fingerprint density at radius 3 is 0.852 bits per heavy atom. The number of nitrogens with one attached hydrogen (secondary N) is 4. The van der Waals surface area contributed by atoms with Crippen LogP contribution in [0.1, 0.15) is 49.1 Å². The predicted molar refractivity (Wildman–Crippen MR) is 418 cm³/mol. The Hall–Kier alpha value is -5.45. The Balaban J connectivity index is 1.17. The van der Waals surface area contributed by atoms with Gasteiger partial charge in [0.15, 0.2) is 0 Å². The van der Waals surface area contributed by atoms with Gasteiger partial charge in [0.1, 0.15) is 18.7 Å². The highest BCUT2D eigenvalue weighted by atomic mass is 16.6. The number of rotatable bonds is 89. The zero-order valence-electron chi connectivity index (χ0n) is 67.7. The summed E-state index contributed by atoms with van der Waals surface area (Å²) in [5.74, 6) is -2.93. The van der Waals surface area contributed by atoms with Gasteiger partial charge in [0.2, 0.25) is 17.7 Å². The summed E-state index contributed by atoms with van der Waals surface area (Å²) in [4.78, 5) is 64.7. The molecule has 0 heterocycles. The van der Waals surface area contributed by atoms with Gasteiger partial charge < -0.3 is 156 Å². The lowest BCUT2D eigenvalue weighted by Gasteiger charge is -2.20. The lowest BCUT2D eigenvalue weighted by atomic mass is 9.98. The standard InChI is InChI=1S/C78H136N6O31/c79-14-19-93-23-27-97-31-35-101-39-43-105-47-51-109-55-59-113-63-61-111-57-53-107-49-45-103-41-37-99-33-29-95-25-21-91-17-12-74(85)82-65-73(76(87)81-16-6-5-11-72(77(88)89)84-78(90)115-66-71-69-9-3-1-7-67(69)68-8-2-4-10-70(68)71)83-75(86)13-18-92-22-26-96-30-34-100-38-42-104-46-50-108-54-58-112-62-64-114-60-56-110-52-48-106-44-40-102-36-32-98-28-24-94-20-15-80/h1-4,7-10,71-73H,5-6,11-66,79-80H2,(H,81,87)(H,82,85)(H,83,86)(H,84,90)(H,88,89)/t72-,73?/m0/s1. The quantitative estimate of drug-likeness (QED) is 0.0454. The third kappa shape index (κ3) is 62.4. The third-order valence-electron chi connectivity index (χ3n) is 16.0. The van der Waals surface area contributed by atoms with E-state index in [0.717, 1.165) is 22.3 Å². The van der Waals surface area contributed by atoms with Crippen molar-refractivity contribution < 1.29 is 148 Å². The number of amides is 4. The molecule has 1 aliphatic rings. The number of alkyl carbamates (subject to hydrolysis) is 1. The van der Waals surface area contributed by atoms with Crippen LogP contribution in [-0.4, -0.2) is 397 Å². The summed E-state index contributed by atoms with van der Waals surface area (Å²) in [6.45, 7) is 20.8. The summed E-state index contributed by atoms with van der Waals surface area (Å²) in [6, 6.07) is 13.4. The van der Waals surface area contributed by atoms with E-state index in [2.05, 4.69) is 21.3 Å². The Bertz CT molecular complexity index is 2540. The topological polar surface area (TPSA) is 436 Å². The third-order valence-corrected chi connectivity index (χ3v) is 16.0. The monoisotopic (exact) mass is 1650 g/mol. The fraction of sp³-hybridized carbons (Fsp3) is 0.782. The lowest BCUT2D eigenvalue weighted by molar-refractivity contribution is -0.139. The van der Waals surface area contributed by atoms with Crippen LogP contribution in [0.15, 0.2) is 48.5 Å². The maximum Gasteiger partial charge on any atom is 0.407 e. The van der Waals surface area contributed by atoms with Crippen LogP contribution in [0, 0.1) is 0 Å². The van der Waals surface area contributed by atoms with Gasteiger partial charge in [-0.1, -0.05) is 48.5 Å². The van der Waals surface area contributed by atoms with E-state index in [-0.39, 0.29) is 84.5 Å². The van der Waals surface area contributed by atoms with Gasteiger partial charge in [0.05, 0.1) is 317 Å². The number of unbranched alkanes of at least 4 members (excludes halogenated alkanes) is 1. The SMILES string of the molecule is NCCOCCOCCOCCOCCOCCOCCOCCOCCOCCOCCOCCOCCC(=O)NCC(NC(=O)CCOCCOCCOCCOCCOCCOCCOCCOCCOCCOCCOCCOCCN)C(=O)NCCCC[C@H](NC(=O)OCC1c2ccccc2-c2ccccc21)C(=O)O. The van der Waals surface area contributed by atoms with Crippen LogP contribution < -0.4 is 32.7 Å². The molecule has 1 aliphatic carbocycles. The molecular weight excluding hydrogens is 1520 g/mol. The van der Waals surface area contributed by atoms with Crippen LogP contribution in [0.5, 0.6) is 0 Å². The molecule has 664 valence electrons. The summed E-state index contributed by atoms with van der Waals surface area (Å²) in [6.07, 6.45) is -0.286. The van der Waals surface area contributed by atoms with Crippen LogP contribution in [-0.2, 0) is 138 Å². The minimum Gasteiger partial charge on any atom is -0.480 e. The molecule has 9 N–H and O–H groups in total. The Morgan fingerprint density at radius 2 is 0.574 bits per heavy atom. The molecule has 0 aliphatic heterocycles. The minimum absolute atomic E-state index is 0.0205. The molecule has 0 radical (unpaired) electrons. The molecule has 0 fully saturated rings. The molecule has 2 aromatic carbocycles. The van der Waals surface area contributed by atoms with Gasteiger partial charge in [-0.05, 0) is 41.5 Å². The second kappa shape index (κ2) is 79.7. The van der Waals surface area contributed by atoms with Gasteiger partial charge in [-0.15, -0.1) is 0 Å². The molecule has 0 bridgehead atoms. The van der Waals surface area contributed by atoms with Gasteiger partial charge in [0, 0.05) is 44.9 Å². The van der Waals surface area contributed by atoms with E-state index < -0.39 is 41.9 Å². The number of carbonyl (C=O) groups is 5. The predicted octanol–water partition coefficient (Wildman–Crippen LogP) is 0.962. The number of ether oxygens (including phenoxy) is 25. The number of carboxylic acids is 1.